The second kappa shape index (κ2) is 34.3. The first-order chi connectivity index (χ1) is 44.5. The Labute approximate surface area is 546 Å². The van der Waals surface area contributed by atoms with Gasteiger partial charge in [-0.25, -0.2) is 18.7 Å². The van der Waals surface area contributed by atoms with E-state index >= 15 is 0 Å². The van der Waals surface area contributed by atoms with Crippen LogP contribution in [0.15, 0.2) is 132 Å². The van der Waals surface area contributed by atoms with E-state index in [9.17, 15) is 28.3 Å². The molecule has 0 radical (unpaired) electrons. The summed E-state index contributed by atoms with van der Waals surface area (Å²) in [6.45, 7) is 7.27. The molecule has 0 saturated carbocycles. The molecular weight excluding hydrogens is 1250 g/mol. The molecule has 1 saturated heterocycles. The molecule has 0 aliphatic carbocycles. The summed E-state index contributed by atoms with van der Waals surface area (Å²) >= 11 is 8.82. The smallest absolute Gasteiger partial charge is 0.495 e. The number of Topliss-reactive ketones (excluding diaryl/α,β-unsaturated/α-hetero) is 3. The summed E-state index contributed by atoms with van der Waals surface area (Å²) in [6.07, 6.45) is -0.623. The van der Waals surface area contributed by atoms with Crippen molar-refractivity contribution in [3.8, 4) is 40.0 Å². The van der Waals surface area contributed by atoms with Crippen LogP contribution in [0, 0.1) is 17.0 Å². The van der Waals surface area contributed by atoms with E-state index in [0.29, 0.717) is 94.6 Å². The zero-order chi connectivity index (χ0) is 65.7. The van der Waals surface area contributed by atoms with E-state index in [4.69, 9.17) is 63.9 Å². The van der Waals surface area contributed by atoms with Gasteiger partial charge in [-0.15, -0.1) is 22.7 Å². The van der Waals surface area contributed by atoms with E-state index in [-0.39, 0.29) is 97.9 Å². The molecule has 0 amide bonds. The Morgan fingerprint density at radius 2 is 1.23 bits per heavy atom. The molecule has 1 aliphatic heterocycles. The molecule has 92 heavy (non-hydrogen) atoms. The largest absolute Gasteiger partial charge is 0.497 e. The highest BCUT2D eigenvalue weighted by molar-refractivity contribution is 7.18. The van der Waals surface area contributed by atoms with Gasteiger partial charge in [-0.2, -0.15) is 0 Å². The number of hydrogen-bond acceptors (Lipinski definition) is 19. The normalized spacial score (nSPS) is 12.9. The monoisotopic (exact) mass is 1320 g/mol. The number of rotatable bonds is 28. The number of halogens is 3. The number of benzene rings is 5. The molecule has 10 rings (SSSR count). The van der Waals surface area contributed by atoms with E-state index in [1.165, 1.54) is 49.0 Å². The second-order valence-corrected chi connectivity index (χ2v) is 23.9. The summed E-state index contributed by atoms with van der Waals surface area (Å²) in [5, 5.41) is 25.1. The van der Waals surface area contributed by atoms with Gasteiger partial charge in [0.15, 0.2) is 40.3 Å². The Balaban J connectivity index is 0.000000188. The molecule has 1 unspecified atom stereocenters. The van der Waals surface area contributed by atoms with Gasteiger partial charge in [0.2, 0.25) is 0 Å². The lowest BCUT2D eigenvalue weighted by atomic mass is 9.76. The fourth-order valence-corrected chi connectivity index (χ4v) is 11.8. The van der Waals surface area contributed by atoms with Crippen molar-refractivity contribution in [2.24, 2.45) is 5.41 Å². The fourth-order valence-electron chi connectivity index (χ4n) is 9.63. The zero-order valence-corrected chi connectivity index (χ0v) is 54.5. The molecular formula is C69H72BClF2N2O15S2. The SMILES string of the molecule is CC1(C)COB(c2csc3c(F)cccc23)OC1.COCc1ccc(C(=O)CCC(=O)c2ccc(OCCO)c(OC)c2)nc1-c1csc2c(F)cccc12.COCc1ccc(C(O)CCC(=O)c2ccc(OCCOCc3ccc(OC)cc3)c(OC)c2)nc1Cl. The molecule has 4 aromatic heterocycles. The molecule has 0 bridgehead atoms. The Morgan fingerprint density at radius 1 is 0.641 bits per heavy atom. The van der Waals surface area contributed by atoms with Crippen molar-refractivity contribution in [3.05, 3.63) is 188 Å². The number of fused-ring (bicyclic) bond motifs is 2. The summed E-state index contributed by atoms with van der Waals surface area (Å²) in [5.41, 5.74) is 6.30. The number of aliphatic hydroxyl groups excluding tert-OH is 2. The third-order valence-corrected chi connectivity index (χ3v) is 16.9. The van der Waals surface area contributed by atoms with E-state index in [0.717, 1.165) is 44.2 Å². The molecule has 9 aromatic rings. The van der Waals surface area contributed by atoms with Crippen molar-refractivity contribution in [3.63, 3.8) is 0 Å². The van der Waals surface area contributed by atoms with Crippen LogP contribution in [0.1, 0.15) is 99.2 Å². The molecule has 5 heterocycles. The van der Waals surface area contributed by atoms with Crippen molar-refractivity contribution in [2.75, 3.05) is 75.2 Å². The minimum Gasteiger partial charge on any atom is -0.497 e. The molecule has 17 nitrogen and oxygen atoms in total. The zero-order valence-electron chi connectivity index (χ0n) is 52.1. The maximum atomic E-state index is 14.3. The number of ketones is 3. The van der Waals surface area contributed by atoms with Crippen LogP contribution in [-0.2, 0) is 43.3 Å². The lowest BCUT2D eigenvalue weighted by Gasteiger charge is -2.32. The van der Waals surface area contributed by atoms with Crippen molar-refractivity contribution in [1.29, 1.82) is 0 Å². The molecule has 1 aliphatic rings. The third-order valence-electron chi connectivity index (χ3n) is 14.5. The Kier molecular flexibility index (Phi) is 26.1. The Morgan fingerprint density at radius 3 is 1.85 bits per heavy atom. The molecule has 2 N–H and O–H groups in total. The van der Waals surface area contributed by atoms with Crippen LogP contribution in [-0.4, -0.2) is 120 Å². The molecule has 5 aromatic carbocycles. The number of hydrogen-bond donors (Lipinski definition) is 2. The summed E-state index contributed by atoms with van der Waals surface area (Å²) < 4.78 is 83.6. The quantitative estimate of drug-likeness (QED) is 0.0202. The maximum absolute atomic E-state index is 14.3. The van der Waals surface area contributed by atoms with Gasteiger partial charge >= 0.3 is 7.12 Å². The van der Waals surface area contributed by atoms with Gasteiger partial charge in [-0.05, 0) is 95.5 Å². The Bertz CT molecular complexity index is 3930. The summed E-state index contributed by atoms with van der Waals surface area (Å²) in [5.74, 6) is 1.42. The molecule has 0 spiro atoms. The highest BCUT2D eigenvalue weighted by Gasteiger charge is 2.35. The van der Waals surface area contributed by atoms with Gasteiger partial charge in [-0.1, -0.05) is 74.0 Å². The average molecular weight is 1320 g/mol. The van der Waals surface area contributed by atoms with E-state index in [1.807, 2.05) is 47.2 Å². The minimum atomic E-state index is -0.916. The lowest BCUT2D eigenvalue weighted by molar-refractivity contribution is 0.0344. The number of thiophene rings is 2. The molecule has 1 fully saturated rings. The first-order valence-electron chi connectivity index (χ1n) is 29.4. The van der Waals surface area contributed by atoms with Crippen molar-refractivity contribution < 1.29 is 80.6 Å². The standard InChI is InChI=1S/C28H32ClNO7.C28H26FNO6S.C13H14BFO2S/c1-33-18-21-6-10-23(30-28(21)29)25(32)12-11-24(31)20-7-13-26(27(16-20)35-3)37-15-14-36-17-19-4-8-22(34-2)9-5-19;1-34-15-18-6-8-22(30-27(18)20-16-37-28-19(20)4-3-5-21(28)29)24(33)10-9-23(32)17-7-11-25(36-13-12-31)26(14-17)35-2;1-13(2)7-16-14(17-8-13)10-6-18-12-9(10)4-3-5-11(12)15/h4-10,13,16,25,32H,11-12,14-15,17-18H2,1-3H3;3-8,11,14,16,31H,9-10,12-13,15H2,1-2H3;3-6H,7-8H2,1-2H3. The number of nitrogens with zero attached hydrogens (tertiary/aromatic N) is 2. The number of pyridine rings is 2. The molecule has 1 atom stereocenters. The predicted molar refractivity (Wildman–Crippen MR) is 352 cm³/mol. The van der Waals surface area contributed by atoms with E-state index in [2.05, 4.69) is 23.8 Å². The van der Waals surface area contributed by atoms with Crippen LogP contribution in [0.3, 0.4) is 0 Å². The van der Waals surface area contributed by atoms with E-state index in [1.54, 1.807) is 94.1 Å². The predicted octanol–water partition coefficient (Wildman–Crippen LogP) is 13.5. The number of carbonyl (C=O) groups is 3. The second-order valence-electron chi connectivity index (χ2n) is 21.8. The summed E-state index contributed by atoms with van der Waals surface area (Å²) in [7, 11) is 7.37. The topological polar surface area (TPSA) is 210 Å². The van der Waals surface area contributed by atoms with Crippen molar-refractivity contribution in [2.45, 2.75) is 65.5 Å². The number of aliphatic hydroxyl groups is 2. The van der Waals surface area contributed by atoms with Crippen LogP contribution in [0.4, 0.5) is 8.78 Å². The highest BCUT2D eigenvalue weighted by atomic mass is 35.5. The van der Waals surface area contributed by atoms with Crippen LogP contribution < -0.4 is 29.1 Å². The Hall–Kier alpha value is -7.74. The lowest BCUT2D eigenvalue weighted by Crippen LogP contribution is -2.47. The van der Waals surface area contributed by atoms with Crippen LogP contribution >= 0.6 is 34.3 Å². The van der Waals surface area contributed by atoms with Crippen molar-refractivity contribution >= 4 is 84.4 Å². The molecule has 23 heteroatoms. The van der Waals surface area contributed by atoms with Crippen molar-refractivity contribution in [1.82, 2.24) is 9.97 Å². The number of methoxy groups -OCH3 is 5. The first-order valence-corrected chi connectivity index (χ1v) is 31.5. The van der Waals surface area contributed by atoms with Gasteiger partial charge in [0, 0.05) is 96.2 Å². The van der Waals surface area contributed by atoms with Gasteiger partial charge in [0.1, 0.15) is 41.4 Å². The van der Waals surface area contributed by atoms with Gasteiger partial charge in [0.05, 0.1) is 81.3 Å². The van der Waals surface area contributed by atoms with Crippen LogP contribution in [0.5, 0.6) is 28.7 Å². The van der Waals surface area contributed by atoms with Gasteiger partial charge in [-0.3, -0.25) is 14.4 Å². The number of aromatic nitrogens is 2. The number of ether oxygens (including phenoxy) is 8. The van der Waals surface area contributed by atoms with Gasteiger partial charge < -0.3 is 57.4 Å². The molecule has 484 valence electrons. The fraction of sp³-hybridized carbons (Fsp3) is 0.319. The van der Waals surface area contributed by atoms with Gasteiger partial charge in [0.25, 0.3) is 0 Å². The number of carbonyl (C=O) groups excluding carboxylic acids is 3. The maximum Gasteiger partial charge on any atom is 0.495 e. The van der Waals surface area contributed by atoms with Crippen LogP contribution in [0.25, 0.3) is 31.4 Å². The van der Waals surface area contributed by atoms with Crippen LogP contribution in [0.2, 0.25) is 5.15 Å². The highest BCUT2D eigenvalue weighted by Crippen LogP contribution is 2.37. The summed E-state index contributed by atoms with van der Waals surface area (Å²) in [6, 6.07) is 34.3. The van der Waals surface area contributed by atoms with E-state index < -0.39 is 6.10 Å². The first kappa shape index (κ1) is 70.1. The average Bonchev–Trinajstić information content (AvgIpc) is 1.71. The third kappa shape index (κ3) is 18.7. The summed E-state index contributed by atoms with van der Waals surface area (Å²) in [4.78, 5) is 47.4. The minimum absolute atomic E-state index is 0.0116.